The van der Waals surface area contributed by atoms with Crippen molar-refractivity contribution in [3.8, 4) is 5.75 Å². The van der Waals surface area contributed by atoms with Gasteiger partial charge in [0.15, 0.2) is 6.10 Å². The van der Waals surface area contributed by atoms with Crippen LogP contribution in [0.5, 0.6) is 5.75 Å². The van der Waals surface area contributed by atoms with Crippen molar-refractivity contribution in [1.82, 2.24) is 0 Å². The van der Waals surface area contributed by atoms with Gasteiger partial charge in [0.25, 0.3) is 0 Å². The van der Waals surface area contributed by atoms with Gasteiger partial charge in [-0.15, -0.1) is 0 Å². The summed E-state index contributed by atoms with van der Waals surface area (Å²) in [6, 6.07) is 5.67. The molecule has 0 bridgehead atoms. The van der Waals surface area contributed by atoms with Gasteiger partial charge in [0.2, 0.25) is 0 Å². The first-order chi connectivity index (χ1) is 9.65. The van der Waals surface area contributed by atoms with E-state index in [4.69, 9.17) is 14.2 Å². The Labute approximate surface area is 117 Å². The van der Waals surface area contributed by atoms with Crippen LogP contribution in [0.4, 0.5) is 4.39 Å². The second-order valence-corrected chi connectivity index (χ2v) is 4.84. The number of carbonyl (C=O) groups excluding carboxylic acids is 1. The summed E-state index contributed by atoms with van der Waals surface area (Å²) in [5.74, 6) is -0.564. The average Bonchev–Trinajstić information content (AvgIpc) is 2.46. The maximum absolute atomic E-state index is 13.0. The SMILES string of the molecule is CC(Oc1cccc(F)c1)C(=O)OCC1CCCCO1. The first-order valence-electron chi connectivity index (χ1n) is 6.85. The number of hydrogen-bond donors (Lipinski definition) is 0. The molecule has 0 spiro atoms. The third kappa shape index (κ3) is 4.49. The van der Waals surface area contributed by atoms with Crippen molar-refractivity contribution in [1.29, 1.82) is 0 Å². The van der Waals surface area contributed by atoms with Gasteiger partial charge in [-0.1, -0.05) is 6.07 Å². The van der Waals surface area contributed by atoms with E-state index in [0.29, 0.717) is 5.75 Å². The van der Waals surface area contributed by atoms with Crippen LogP contribution >= 0.6 is 0 Å². The zero-order chi connectivity index (χ0) is 14.4. The van der Waals surface area contributed by atoms with E-state index in [-0.39, 0.29) is 12.7 Å². The Balaban J connectivity index is 1.76. The van der Waals surface area contributed by atoms with E-state index in [1.807, 2.05) is 0 Å². The molecule has 0 amide bonds. The number of ether oxygens (including phenoxy) is 3. The zero-order valence-corrected chi connectivity index (χ0v) is 11.5. The fourth-order valence-corrected chi connectivity index (χ4v) is 2.02. The maximum atomic E-state index is 13.0. The van der Waals surface area contributed by atoms with Crippen LogP contribution in [0, 0.1) is 5.82 Å². The third-order valence-corrected chi connectivity index (χ3v) is 3.13. The molecule has 1 aromatic rings. The summed E-state index contributed by atoms with van der Waals surface area (Å²) in [6.45, 7) is 2.54. The summed E-state index contributed by atoms with van der Waals surface area (Å²) >= 11 is 0. The Bertz CT molecular complexity index is 443. The van der Waals surface area contributed by atoms with E-state index < -0.39 is 17.9 Å². The molecular weight excluding hydrogens is 263 g/mol. The van der Waals surface area contributed by atoms with Crippen molar-refractivity contribution in [3.05, 3.63) is 30.1 Å². The Kier molecular flexibility index (Phi) is 5.35. The van der Waals surface area contributed by atoms with Crippen LogP contribution < -0.4 is 4.74 Å². The topological polar surface area (TPSA) is 44.8 Å². The zero-order valence-electron chi connectivity index (χ0n) is 11.5. The minimum atomic E-state index is -0.777. The van der Waals surface area contributed by atoms with E-state index in [9.17, 15) is 9.18 Å². The molecule has 1 heterocycles. The highest BCUT2D eigenvalue weighted by atomic mass is 19.1. The van der Waals surface area contributed by atoms with Gasteiger partial charge in [-0.25, -0.2) is 9.18 Å². The van der Waals surface area contributed by atoms with Crippen molar-refractivity contribution in [3.63, 3.8) is 0 Å². The Hall–Kier alpha value is -1.62. The van der Waals surface area contributed by atoms with Crippen LogP contribution in [0.3, 0.4) is 0 Å². The summed E-state index contributed by atoms with van der Waals surface area (Å²) in [5.41, 5.74) is 0. The number of halogens is 1. The van der Waals surface area contributed by atoms with Gasteiger partial charge in [0, 0.05) is 12.7 Å². The molecule has 1 saturated heterocycles. The minimum Gasteiger partial charge on any atom is -0.479 e. The smallest absolute Gasteiger partial charge is 0.347 e. The summed E-state index contributed by atoms with van der Waals surface area (Å²) < 4.78 is 29.0. The van der Waals surface area contributed by atoms with Crippen molar-refractivity contribution >= 4 is 5.97 Å². The number of hydrogen-bond acceptors (Lipinski definition) is 4. The van der Waals surface area contributed by atoms with E-state index in [0.717, 1.165) is 25.9 Å². The summed E-state index contributed by atoms with van der Waals surface area (Å²) in [4.78, 5) is 11.8. The molecule has 0 aliphatic carbocycles. The molecule has 1 fully saturated rings. The molecule has 1 aliphatic heterocycles. The molecule has 0 N–H and O–H groups in total. The molecule has 0 radical (unpaired) electrons. The van der Waals surface area contributed by atoms with Crippen LogP contribution in [0.25, 0.3) is 0 Å². The van der Waals surface area contributed by atoms with Crippen LogP contribution in [-0.4, -0.2) is 31.4 Å². The Morgan fingerprint density at radius 2 is 2.35 bits per heavy atom. The van der Waals surface area contributed by atoms with Gasteiger partial charge in [0.1, 0.15) is 18.2 Å². The van der Waals surface area contributed by atoms with E-state index in [1.54, 1.807) is 13.0 Å². The molecule has 0 aromatic heterocycles. The number of esters is 1. The number of benzene rings is 1. The van der Waals surface area contributed by atoms with Crippen molar-refractivity contribution in [2.45, 2.75) is 38.4 Å². The highest BCUT2D eigenvalue weighted by Gasteiger charge is 2.20. The predicted octanol–water partition coefficient (Wildman–Crippen LogP) is 2.71. The molecule has 5 heteroatoms. The Morgan fingerprint density at radius 3 is 3.05 bits per heavy atom. The van der Waals surface area contributed by atoms with Crippen LogP contribution in [0.2, 0.25) is 0 Å². The van der Waals surface area contributed by atoms with Crippen molar-refractivity contribution < 1.29 is 23.4 Å². The fraction of sp³-hybridized carbons (Fsp3) is 0.533. The van der Waals surface area contributed by atoms with Gasteiger partial charge >= 0.3 is 5.97 Å². The maximum Gasteiger partial charge on any atom is 0.347 e. The molecular formula is C15H19FO4. The first kappa shape index (κ1) is 14.8. The largest absolute Gasteiger partial charge is 0.479 e. The molecule has 2 unspecified atom stereocenters. The summed E-state index contributed by atoms with van der Waals surface area (Å²) in [7, 11) is 0. The summed E-state index contributed by atoms with van der Waals surface area (Å²) in [6.07, 6.45) is 2.27. The second-order valence-electron chi connectivity index (χ2n) is 4.84. The van der Waals surface area contributed by atoms with Gasteiger partial charge < -0.3 is 14.2 Å². The molecule has 4 nitrogen and oxygen atoms in total. The lowest BCUT2D eigenvalue weighted by Gasteiger charge is -2.23. The summed E-state index contributed by atoms with van der Waals surface area (Å²) in [5, 5.41) is 0. The van der Waals surface area contributed by atoms with Crippen molar-refractivity contribution in [2.24, 2.45) is 0 Å². The van der Waals surface area contributed by atoms with Crippen LogP contribution in [0.1, 0.15) is 26.2 Å². The lowest BCUT2D eigenvalue weighted by molar-refractivity contribution is -0.156. The number of rotatable bonds is 5. The van der Waals surface area contributed by atoms with Crippen molar-refractivity contribution in [2.75, 3.05) is 13.2 Å². The van der Waals surface area contributed by atoms with Crippen LogP contribution in [-0.2, 0) is 14.3 Å². The molecule has 2 rings (SSSR count). The quantitative estimate of drug-likeness (QED) is 0.779. The van der Waals surface area contributed by atoms with Gasteiger partial charge in [0.05, 0.1) is 6.10 Å². The predicted molar refractivity (Wildman–Crippen MR) is 71.0 cm³/mol. The monoisotopic (exact) mass is 282 g/mol. The molecule has 20 heavy (non-hydrogen) atoms. The van der Waals surface area contributed by atoms with E-state index in [1.165, 1.54) is 18.2 Å². The van der Waals surface area contributed by atoms with E-state index in [2.05, 4.69) is 0 Å². The third-order valence-electron chi connectivity index (χ3n) is 3.13. The molecule has 2 atom stereocenters. The minimum absolute atomic E-state index is 0.0194. The fourth-order valence-electron chi connectivity index (χ4n) is 2.02. The molecule has 110 valence electrons. The first-order valence-corrected chi connectivity index (χ1v) is 6.85. The lowest BCUT2D eigenvalue weighted by atomic mass is 10.1. The lowest BCUT2D eigenvalue weighted by Crippen LogP contribution is -2.31. The second kappa shape index (κ2) is 7.24. The average molecular weight is 282 g/mol. The van der Waals surface area contributed by atoms with Crippen LogP contribution in [0.15, 0.2) is 24.3 Å². The molecule has 1 aliphatic rings. The normalized spacial score (nSPS) is 20.2. The molecule has 1 aromatic carbocycles. The van der Waals surface area contributed by atoms with E-state index >= 15 is 0 Å². The highest BCUT2D eigenvalue weighted by molar-refractivity contribution is 5.74. The Morgan fingerprint density at radius 1 is 1.50 bits per heavy atom. The molecule has 0 saturated carbocycles. The highest BCUT2D eigenvalue weighted by Crippen LogP contribution is 2.15. The van der Waals surface area contributed by atoms with Gasteiger partial charge in [-0.2, -0.15) is 0 Å². The number of carbonyl (C=O) groups is 1. The standard InChI is InChI=1S/C15H19FO4/c1-11(20-13-7-4-5-12(16)9-13)15(17)19-10-14-6-2-3-8-18-14/h4-5,7,9,11,14H,2-3,6,8,10H2,1H3. The van der Waals surface area contributed by atoms with Gasteiger partial charge in [-0.3, -0.25) is 0 Å². The van der Waals surface area contributed by atoms with Gasteiger partial charge in [-0.05, 0) is 38.3 Å².